The summed E-state index contributed by atoms with van der Waals surface area (Å²) in [4.78, 5) is 2.00. The molecule has 0 aliphatic rings. The van der Waals surface area contributed by atoms with E-state index in [1.165, 1.54) is 0 Å². The van der Waals surface area contributed by atoms with Gasteiger partial charge in [0.15, 0.2) is 0 Å². The maximum absolute atomic E-state index is 7.21. The van der Waals surface area contributed by atoms with Crippen molar-refractivity contribution in [3.63, 3.8) is 0 Å². The van der Waals surface area contributed by atoms with Gasteiger partial charge in [-0.3, -0.25) is 10.3 Å². The lowest BCUT2D eigenvalue weighted by molar-refractivity contribution is 0.118. The largest absolute Gasteiger partial charge is 0.386 e. The minimum atomic E-state index is 0.00505. The molecule has 0 heterocycles. The summed E-state index contributed by atoms with van der Waals surface area (Å²) in [7, 11) is 1.94. The van der Waals surface area contributed by atoms with Crippen LogP contribution in [-0.2, 0) is 4.74 Å². The number of nitrogens with two attached hydrogens (primary N) is 1. The fourth-order valence-corrected chi connectivity index (χ4v) is 0.784. The first-order valence-electron chi connectivity index (χ1n) is 4.21. The Kier molecular flexibility index (Phi) is 5.66. The maximum Gasteiger partial charge on any atom is 0.108 e. The molecule has 0 aromatic carbocycles. The van der Waals surface area contributed by atoms with Crippen molar-refractivity contribution >= 4 is 5.84 Å². The molecular formula is C8H19N3O. The van der Waals surface area contributed by atoms with Gasteiger partial charge in [-0.25, -0.2) is 0 Å². The number of likely N-dealkylation sites (N-methyl/N-ethyl adjacent to an activating group) is 1. The highest BCUT2D eigenvalue weighted by Gasteiger charge is 2.10. The fourth-order valence-electron chi connectivity index (χ4n) is 0.784. The Bertz CT molecular complexity index is 138. The second-order valence-electron chi connectivity index (χ2n) is 2.81. The fraction of sp³-hybridized carbons (Fsp3) is 0.875. The molecule has 0 aliphatic heterocycles. The van der Waals surface area contributed by atoms with E-state index in [4.69, 9.17) is 15.9 Å². The van der Waals surface area contributed by atoms with E-state index in [2.05, 4.69) is 0 Å². The Morgan fingerprint density at radius 1 is 1.67 bits per heavy atom. The van der Waals surface area contributed by atoms with E-state index in [0.717, 1.165) is 13.2 Å². The van der Waals surface area contributed by atoms with E-state index in [0.29, 0.717) is 6.61 Å². The van der Waals surface area contributed by atoms with E-state index in [1.54, 1.807) is 0 Å². The van der Waals surface area contributed by atoms with Crippen LogP contribution in [0.1, 0.15) is 13.8 Å². The lowest BCUT2D eigenvalue weighted by Crippen LogP contribution is -2.41. The Labute approximate surface area is 74.2 Å². The van der Waals surface area contributed by atoms with Crippen LogP contribution >= 0.6 is 0 Å². The van der Waals surface area contributed by atoms with E-state index >= 15 is 0 Å². The van der Waals surface area contributed by atoms with Crippen molar-refractivity contribution in [2.75, 3.05) is 26.8 Å². The van der Waals surface area contributed by atoms with Gasteiger partial charge in [0.1, 0.15) is 5.84 Å². The number of ether oxygens (including phenoxy) is 1. The third-order valence-corrected chi connectivity index (χ3v) is 1.90. The molecule has 12 heavy (non-hydrogen) atoms. The molecular weight excluding hydrogens is 154 g/mol. The molecule has 4 heteroatoms. The summed E-state index contributed by atoms with van der Waals surface area (Å²) in [5, 5.41) is 7.21. The molecule has 0 saturated heterocycles. The van der Waals surface area contributed by atoms with Crippen LogP contribution in [0.2, 0.25) is 0 Å². The van der Waals surface area contributed by atoms with Crippen LogP contribution in [0.4, 0.5) is 0 Å². The molecule has 0 aromatic heterocycles. The summed E-state index contributed by atoms with van der Waals surface area (Å²) in [6, 6.07) is 0.00505. The van der Waals surface area contributed by atoms with Crippen molar-refractivity contribution in [3.8, 4) is 0 Å². The molecule has 0 rings (SSSR count). The first-order chi connectivity index (χ1) is 5.59. The van der Waals surface area contributed by atoms with Gasteiger partial charge in [-0.05, 0) is 20.9 Å². The standard InChI is InChI=1S/C8H19N3O/c1-4-12-6-5-11(3)7(2)8(9)10/h7H,4-6H2,1-3H3,(H3,9,10). The highest BCUT2D eigenvalue weighted by molar-refractivity contribution is 5.82. The molecule has 0 amide bonds. The molecule has 0 bridgehead atoms. The summed E-state index contributed by atoms with van der Waals surface area (Å²) in [6.45, 7) is 6.13. The molecule has 4 nitrogen and oxygen atoms in total. The van der Waals surface area contributed by atoms with Crippen molar-refractivity contribution in [2.45, 2.75) is 19.9 Å². The smallest absolute Gasteiger partial charge is 0.108 e. The van der Waals surface area contributed by atoms with E-state index in [1.807, 2.05) is 25.8 Å². The monoisotopic (exact) mass is 173 g/mol. The van der Waals surface area contributed by atoms with Gasteiger partial charge in [0.2, 0.25) is 0 Å². The van der Waals surface area contributed by atoms with Crippen LogP contribution in [0.3, 0.4) is 0 Å². The number of nitrogens with one attached hydrogen (secondary N) is 1. The van der Waals surface area contributed by atoms with Crippen LogP contribution in [-0.4, -0.2) is 43.6 Å². The van der Waals surface area contributed by atoms with Gasteiger partial charge >= 0.3 is 0 Å². The second-order valence-corrected chi connectivity index (χ2v) is 2.81. The quantitative estimate of drug-likeness (QED) is 0.344. The van der Waals surface area contributed by atoms with Gasteiger partial charge < -0.3 is 10.5 Å². The first-order valence-corrected chi connectivity index (χ1v) is 4.21. The zero-order valence-corrected chi connectivity index (χ0v) is 8.13. The average Bonchev–Trinajstić information content (AvgIpc) is 2.03. The zero-order valence-electron chi connectivity index (χ0n) is 8.13. The van der Waals surface area contributed by atoms with E-state index in [9.17, 15) is 0 Å². The number of hydrogen-bond acceptors (Lipinski definition) is 3. The van der Waals surface area contributed by atoms with Crippen LogP contribution in [0, 0.1) is 5.41 Å². The molecule has 0 aliphatic carbocycles. The Hall–Kier alpha value is -0.610. The van der Waals surface area contributed by atoms with Crippen LogP contribution in [0.15, 0.2) is 0 Å². The Morgan fingerprint density at radius 2 is 2.25 bits per heavy atom. The molecule has 0 aromatic rings. The molecule has 1 unspecified atom stereocenters. The highest BCUT2D eigenvalue weighted by atomic mass is 16.5. The summed E-state index contributed by atoms with van der Waals surface area (Å²) < 4.78 is 5.18. The van der Waals surface area contributed by atoms with Crippen LogP contribution in [0.5, 0.6) is 0 Å². The van der Waals surface area contributed by atoms with E-state index < -0.39 is 0 Å². The van der Waals surface area contributed by atoms with Crippen molar-refractivity contribution in [2.24, 2.45) is 5.73 Å². The van der Waals surface area contributed by atoms with Crippen molar-refractivity contribution < 1.29 is 4.74 Å². The van der Waals surface area contributed by atoms with Crippen LogP contribution in [0.25, 0.3) is 0 Å². The lowest BCUT2D eigenvalue weighted by Gasteiger charge is -2.22. The average molecular weight is 173 g/mol. The minimum Gasteiger partial charge on any atom is -0.386 e. The SMILES string of the molecule is CCOCCN(C)C(C)C(=N)N. The number of amidine groups is 1. The van der Waals surface area contributed by atoms with Gasteiger partial charge in [-0.1, -0.05) is 0 Å². The highest BCUT2D eigenvalue weighted by Crippen LogP contribution is 1.93. The predicted octanol–water partition coefficient (Wildman–Crippen LogP) is 0.279. The molecule has 0 saturated carbocycles. The van der Waals surface area contributed by atoms with Gasteiger partial charge in [0.25, 0.3) is 0 Å². The zero-order chi connectivity index (χ0) is 9.56. The Balaban J connectivity index is 3.56. The van der Waals surface area contributed by atoms with Gasteiger partial charge in [0.05, 0.1) is 12.6 Å². The molecule has 3 N–H and O–H groups in total. The normalized spacial score (nSPS) is 13.3. The molecule has 0 spiro atoms. The van der Waals surface area contributed by atoms with E-state index in [-0.39, 0.29) is 11.9 Å². The van der Waals surface area contributed by atoms with Crippen molar-refractivity contribution in [1.29, 1.82) is 5.41 Å². The second kappa shape index (κ2) is 5.97. The predicted molar refractivity (Wildman–Crippen MR) is 50.5 cm³/mol. The molecule has 72 valence electrons. The van der Waals surface area contributed by atoms with Crippen LogP contribution < -0.4 is 5.73 Å². The summed E-state index contributed by atoms with van der Waals surface area (Å²) in [5.74, 6) is 0.203. The maximum atomic E-state index is 7.21. The third-order valence-electron chi connectivity index (χ3n) is 1.90. The summed E-state index contributed by atoms with van der Waals surface area (Å²) in [6.07, 6.45) is 0. The topological polar surface area (TPSA) is 62.3 Å². The molecule has 1 atom stereocenters. The van der Waals surface area contributed by atoms with Gasteiger partial charge in [-0.2, -0.15) is 0 Å². The first kappa shape index (κ1) is 11.4. The molecule has 0 radical (unpaired) electrons. The van der Waals surface area contributed by atoms with Gasteiger partial charge in [-0.15, -0.1) is 0 Å². The minimum absolute atomic E-state index is 0.00505. The summed E-state index contributed by atoms with van der Waals surface area (Å²) in [5.41, 5.74) is 5.34. The summed E-state index contributed by atoms with van der Waals surface area (Å²) >= 11 is 0. The Morgan fingerprint density at radius 3 is 2.67 bits per heavy atom. The van der Waals surface area contributed by atoms with Crippen molar-refractivity contribution in [1.82, 2.24) is 4.90 Å². The van der Waals surface area contributed by atoms with Crippen molar-refractivity contribution in [3.05, 3.63) is 0 Å². The number of rotatable bonds is 6. The number of nitrogens with zero attached hydrogens (tertiary/aromatic N) is 1. The van der Waals surface area contributed by atoms with Gasteiger partial charge in [0, 0.05) is 13.2 Å². The number of hydrogen-bond donors (Lipinski definition) is 2. The lowest BCUT2D eigenvalue weighted by atomic mass is 10.3. The third kappa shape index (κ3) is 4.31. The molecule has 0 fully saturated rings.